The zero-order valence-electron chi connectivity index (χ0n) is 10.4. The monoisotopic (exact) mass is 266 g/mol. The van der Waals surface area contributed by atoms with Gasteiger partial charge in [-0.3, -0.25) is 0 Å². The molecule has 1 atom stereocenters. The van der Waals surface area contributed by atoms with Crippen molar-refractivity contribution in [2.24, 2.45) is 0 Å². The fourth-order valence-electron chi connectivity index (χ4n) is 1.88. The Hall–Kier alpha value is -1.33. The first-order valence-electron chi connectivity index (χ1n) is 5.88. The van der Waals surface area contributed by atoms with Crippen LogP contribution in [-0.2, 0) is 6.42 Å². The minimum absolute atomic E-state index is 0.343. The summed E-state index contributed by atoms with van der Waals surface area (Å²) < 4.78 is 17.1. The van der Waals surface area contributed by atoms with Crippen LogP contribution in [0.2, 0.25) is 0 Å². The first-order valence-corrected chi connectivity index (χ1v) is 6.66. The Morgan fingerprint density at radius 2 is 2.22 bits per heavy atom. The Morgan fingerprint density at radius 3 is 2.94 bits per heavy atom. The number of aryl methyl sites for hydroxylation is 2. The molecular weight excluding hydrogens is 251 g/mol. The smallest absolute Gasteiger partial charge is 0.123 e. The molecule has 0 spiro atoms. The van der Waals surface area contributed by atoms with Crippen LogP contribution in [0.5, 0.6) is 0 Å². The second kappa shape index (κ2) is 5.54. The van der Waals surface area contributed by atoms with Gasteiger partial charge in [0.2, 0.25) is 0 Å². The summed E-state index contributed by atoms with van der Waals surface area (Å²) in [5.41, 5.74) is 2.25. The van der Waals surface area contributed by atoms with Crippen molar-refractivity contribution in [3.63, 3.8) is 0 Å². The Bertz CT molecular complexity index is 542. The molecule has 0 aliphatic rings. The summed E-state index contributed by atoms with van der Waals surface area (Å²) >= 11 is 1.17. The molecule has 0 amide bonds. The summed E-state index contributed by atoms with van der Waals surface area (Å²) in [6, 6.07) is 4.43. The largest absolute Gasteiger partial charge is 0.383 e. The summed E-state index contributed by atoms with van der Waals surface area (Å²) in [7, 11) is 0. The molecule has 1 aromatic carbocycles. The number of rotatable bonds is 4. The number of aliphatic hydroxyl groups is 1. The maximum Gasteiger partial charge on any atom is 0.123 e. The van der Waals surface area contributed by atoms with Gasteiger partial charge in [0.25, 0.3) is 0 Å². The van der Waals surface area contributed by atoms with Gasteiger partial charge in [0.05, 0.1) is 10.6 Å². The van der Waals surface area contributed by atoms with Crippen LogP contribution in [0, 0.1) is 12.7 Å². The Kier molecular flexibility index (Phi) is 4.04. The van der Waals surface area contributed by atoms with Crippen molar-refractivity contribution in [3.8, 4) is 0 Å². The lowest BCUT2D eigenvalue weighted by Gasteiger charge is -2.13. The third kappa shape index (κ3) is 2.57. The highest BCUT2D eigenvalue weighted by Gasteiger charge is 2.20. The van der Waals surface area contributed by atoms with Crippen LogP contribution >= 0.6 is 11.5 Å². The van der Waals surface area contributed by atoms with E-state index in [1.54, 1.807) is 6.07 Å². The van der Waals surface area contributed by atoms with Crippen LogP contribution in [0.15, 0.2) is 18.2 Å². The molecule has 1 aromatic heterocycles. The van der Waals surface area contributed by atoms with Crippen molar-refractivity contribution in [1.29, 1.82) is 0 Å². The van der Waals surface area contributed by atoms with Crippen molar-refractivity contribution in [2.75, 3.05) is 0 Å². The fraction of sp³-hybridized carbons (Fsp3) is 0.385. The van der Waals surface area contributed by atoms with Gasteiger partial charge in [0.15, 0.2) is 0 Å². The first kappa shape index (κ1) is 13.1. The highest BCUT2D eigenvalue weighted by Crippen LogP contribution is 2.29. The second-order valence-corrected chi connectivity index (χ2v) is 5.02. The average molecular weight is 266 g/mol. The Labute approximate surface area is 109 Å². The van der Waals surface area contributed by atoms with Crippen molar-refractivity contribution >= 4 is 11.5 Å². The van der Waals surface area contributed by atoms with Crippen molar-refractivity contribution in [3.05, 3.63) is 45.7 Å². The van der Waals surface area contributed by atoms with E-state index in [2.05, 4.69) is 9.59 Å². The van der Waals surface area contributed by atoms with E-state index in [9.17, 15) is 9.50 Å². The molecule has 2 rings (SSSR count). The first-order chi connectivity index (χ1) is 8.63. The number of hydrogen-bond donors (Lipinski definition) is 1. The van der Waals surface area contributed by atoms with Crippen molar-refractivity contribution in [1.82, 2.24) is 9.59 Å². The summed E-state index contributed by atoms with van der Waals surface area (Å²) in [5.74, 6) is -0.343. The average Bonchev–Trinajstić information content (AvgIpc) is 2.80. The van der Waals surface area contributed by atoms with Gasteiger partial charge in [-0.05, 0) is 48.1 Å². The molecule has 0 saturated carbocycles. The van der Waals surface area contributed by atoms with Crippen LogP contribution in [0.3, 0.4) is 0 Å². The molecule has 18 heavy (non-hydrogen) atoms. The highest BCUT2D eigenvalue weighted by atomic mass is 32.1. The second-order valence-electron chi connectivity index (χ2n) is 4.24. The summed E-state index contributed by atoms with van der Waals surface area (Å²) in [4.78, 5) is 0.713. The van der Waals surface area contributed by atoms with E-state index >= 15 is 0 Å². The summed E-state index contributed by atoms with van der Waals surface area (Å²) in [6.45, 7) is 3.90. The minimum atomic E-state index is -0.845. The van der Waals surface area contributed by atoms with Crippen LogP contribution in [-0.4, -0.2) is 14.7 Å². The molecule has 3 nitrogen and oxygen atoms in total. The van der Waals surface area contributed by atoms with Crippen molar-refractivity contribution < 1.29 is 9.50 Å². The third-order valence-corrected chi connectivity index (χ3v) is 3.68. The third-order valence-electron chi connectivity index (χ3n) is 2.86. The van der Waals surface area contributed by atoms with E-state index in [4.69, 9.17) is 0 Å². The van der Waals surface area contributed by atoms with Crippen molar-refractivity contribution in [2.45, 2.75) is 32.8 Å². The highest BCUT2D eigenvalue weighted by molar-refractivity contribution is 7.05. The Morgan fingerprint density at radius 1 is 1.44 bits per heavy atom. The molecule has 0 bridgehead atoms. The lowest BCUT2D eigenvalue weighted by Crippen LogP contribution is -2.04. The van der Waals surface area contributed by atoms with Gasteiger partial charge in [-0.25, -0.2) is 4.39 Å². The minimum Gasteiger partial charge on any atom is -0.383 e. The normalized spacial score (nSPS) is 12.7. The summed E-state index contributed by atoms with van der Waals surface area (Å²) in [5, 5.41) is 14.4. The Balaban J connectivity index is 2.38. The number of benzene rings is 1. The zero-order valence-corrected chi connectivity index (χ0v) is 11.2. The molecule has 1 heterocycles. The van der Waals surface area contributed by atoms with Gasteiger partial charge in [0.1, 0.15) is 11.9 Å². The van der Waals surface area contributed by atoms with Gasteiger partial charge in [-0.2, -0.15) is 0 Å². The number of aliphatic hydroxyl groups excluding tert-OH is 1. The van der Waals surface area contributed by atoms with Crippen LogP contribution in [0.4, 0.5) is 4.39 Å². The molecule has 0 aliphatic carbocycles. The SMILES string of the molecule is CCCc1nnsc1C(O)c1cc(F)ccc1C. The predicted octanol–water partition coefficient (Wildman–Crippen LogP) is 3.02. The quantitative estimate of drug-likeness (QED) is 0.925. The lowest BCUT2D eigenvalue weighted by molar-refractivity contribution is 0.221. The lowest BCUT2D eigenvalue weighted by atomic mass is 10.0. The predicted molar refractivity (Wildman–Crippen MR) is 69.1 cm³/mol. The van der Waals surface area contributed by atoms with E-state index in [1.165, 1.54) is 23.7 Å². The van der Waals surface area contributed by atoms with E-state index in [0.717, 1.165) is 24.1 Å². The van der Waals surface area contributed by atoms with Gasteiger partial charge >= 0.3 is 0 Å². The number of nitrogens with zero attached hydrogens (tertiary/aromatic N) is 2. The zero-order chi connectivity index (χ0) is 13.1. The van der Waals surface area contributed by atoms with E-state index in [-0.39, 0.29) is 5.82 Å². The molecule has 1 N–H and O–H groups in total. The van der Waals surface area contributed by atoms with Gasteiger partial charge in [-0.1, -0.05) is 23.9 Å². The molecule has 5 heteroatoms. The fourth-order valence-corrected chi connectivity index (χ4v) is 2.58. The topological polar surface area (TPSA) is 46.0 Å². The van der Waals surface area contributed by atoms with Gasteiger partial charge in [0, 0.05) is 0 Å². The number of halogens is 1. The molecule has 1 unspecified atom stereocenters. The van der Waals surface area contributed by atoms with Gasteiger partial charge < -0.3 is 5.11 Å². The summed E-state index contributed by atoms with van der Waals surface area (Å²) in [6.07, 6.45) is 0.868. The maximum absolute atomic E-state index is 13.3. The molecular formula is C13H15FN2OS. The standard InChI is InChI=1S/C13H15FN2OS/c1-3-4-11-13(18-16-15-11)12(17)10-7-9(14)6-5-8(10)2/h5-7,12,17H,3-4H2,1-2H3. The molecule has 0 saturated heterocycles. The van der Waals surface area contributed by atoms with Crippen LogP contribution in [0.1, 0.15) is 41.1 Å². The number of hydrogen-bond acceptors (Lipinski definition) is 4. The maximum atomic E-state index is 13.3. The van der Waals surface area contributed by atoms with Crippen LogP contribution < -0.4 is 0 Å². The van der Waals surface area contributed by atoms with Gasteiger partial charge in [-0.15, -0.1) is 5.10 Å². The van der Waals surface area contributed by atoms with E-state index in [0.29, 0.717) is 10.4 Å². The molecule has 2 aromatic rings. The van der Waals surface area contributed by atoms with Crippen LogP contribution in [0.25, 0.3) is 0 Å². The molecule has 96 valence electrons. The number of aromatic nitrogens is 2. The molecule has 0 fully saturated rings. The molecule has 0 radical (unpaired) electrons. The van der Waals surface area contributed by atoms with E-state index < -0.39 is 6.10 Å². The van der Waals surface area contributed by atoms with E-state index in [1.807, 2.05) is 13.8 Å². The molecule has 0 aliphatic heterocycles.